The van der Waals surface area contributed by atoms with E-state index in [9.17, 15) is 9.59 Å². The Hall–Kier alpha value is -2.82. The van der Waals surface area contributed by atoms with E-state index < -0.39 is 12.1 Å². The summed E-state index contributed by atoms with van der Waals surface area (Å²) < 4.78 is 10.7. The van der Waals surface area contributed by atoms with Crippen LogP contribution in [0.1, 0.15) is 25.8 Å². The van der Waals surface area contributed by atoms with Crippen LogP contribution in [0.5, 0.6) is 5.75 Å². The molecule has 0 spiro atoms. The highest BCUT2D eigenvalue weighted by Gasteiger charge is 2.19. The van der Waals surface area contributed by atoms with Gasteiger partial charge in [-0.2, -0.15) is 0 Å². The van der Waals surface area contributed by atoms with E-state index in [0.29, 0.717) is 24.5 Å². The van der Waals surface area contributed by atoms with Crippen LogP contribution in [0.3, 0.4) is 0 Å². The minimum absolute atomic E-state index is 0.233. The van der Waals surface area contributed by atoms with Crippen molar-refractivity contribution in [3.63, 3.8) is 0 Å². The van der Waals surface area contributed by atoms with Gasteiger partial charge >= 0.3 is 5.97 Å². The van der Waals surface area contributed by atoms with Gasteiger partial charge in [0.2, 0.25) is 0 Å². The van der Waals surface area contributed by atoms with Crippen LogP contribution in [0.25, 0.3) is 0 Å². The number of carbonyl (C=O) groups is 2. The summed E-state index contributed by atoms with van der Waals surface area (Å²) in [5, 5.41) is 2.73. The number of carbonyl (C=O) groups excluding carboxylic acids is 2. The molecule has 0 aliphatic carbocycles. The zero-order valence-electron chi connectivity index (χ0n) is 14.5. The lowest BCUT2D eigenvalue weighted by atomic mass is 10.1. The third kappa shape index (κ3) is 5.95. The molecule has 0 unspecified atom stereocenters. The number of para-hydroxylation sites is 2. The van der Waals surface area contributed by atoms with E-state index in [1.165, 1.54) is 0 Å². The first-order valence-corrected chi connectivity index (χ1v) is 8.36. The number of hydrogen-bond donors (Lipinski definition) is 1. The molecule has 1 amide bonds. The van der Waals surface area contributed by atoms with Crippen molar-refractivity contribution in [3.8, 4) is 5.75 Å². The van der Waals surface area contributed by atoms with E-state index in [4.69, 9.17) is 9.47 Å². The van der Waals surface area contributed by atoms with Crippen LogP contribution in [-0.4, -0.2) is 24.6 Å². The van der Waals surface area contributed by atoms with Gasteiger partial charge in [-0.1, -0.05) is 42.5 Å². The van der Waals surface area contributed by atoms with Crippen molar-refractivity contribution in [1.29, 1.82) is 0 Å². The molecule has 0 saturated heterocycles. The van der Waals surface area contributed by atoms with E-state index in [1.807, 2.05) is 43.3 Å². The normalized spacial score (nSPS) is 11.4. The second-order valence-electron chi connectivity index (χ2n) is 5.54. The van der Waals surface area contributed by atoms with Crippen LogP contribution in [-0.2, 0) is 20.7 Å². The zero-order chi connectivity index (χ0) is 18.1. The number of benzene rings is 2. The summed E-state index contributed by atoms with van der Waals surface area (Å²) in [5.74, 6) is -0.203. The maximum Gasteiger partial charge on any atom is 0.306 e. The first-order chi connectivity index (χ1) is 12.1. The number of anilines is 1. The van der Waals surface area contributed by atoms with Crippen LogP contribution in [0.2, 0.25) is 0 Å². The number of rotatable bonds is 8. The van der Waals surface area contributed by atoms with Crippen LogP contribution in [0, 0.1) is 0 Å². The highest BCUT2D eigenvalue weighted by molar-refractivity contribution is 5.96. The van der Waals surface area contributed by atoms with Crippen LogP contribution in [0.15, 0.2) is 54.6 Å². The predicted octanol–water partition coefficient (Wildman–Crippen LogP) is 3.59. The summed E-state index contributed by atoms with van der Waals surface area (Å²) in [6.07, 6.45) is -0.0591. The van der Waals surface area contributed by atoms with Crippen molar-refractivity contribution in [2.45, 2.75) is 32.8 Å². The minimum atomic E-state index is -0.877. The summed E-state index contributed by atoms with van der Waals surface area (Å²) in [7, 11) is 0. The first-order valence-electron chi connectivity index (χ1n) is 8.36. The molecule has 2 rings (SSSR count). The molecule has 1 N–H and O–H groups in total. The van der Waals surface area contributed by atoms with Crippen molar-refractivity contribution in [2.24, 2.45) is 0 Å². The molecule has 0 aromatic heterocycles. The number of ether oxygens (including phenoxy) is 2. The maximum absolute atomic E-state index is 12.2. The first kappa shape index (κ1) is 18.5. The fourth-order valence-corrected chi connectivity index (χ4v) is 2.29. The molecular weight excluding hydrogens is 318 g/mol. The second-order valence-corrected chi connectivity index (χ2v) is 5.54. The van der Waals surface area contributed by atoms with Gasteiger partial charge < -0.3 is 14.8 Å². The van der Waals surface area contributed by atoms with E-state index in [1.54, 1.807) is 25.1 Å². The molecule has 5 nitrogen and oxygen atoms in total. The predicted molar refractivity (Wildman–Crippen MR) is 96.6 cm³/mol. The second kappa shape index (κ2) is 9.47. The summed E-state index contributed by atoms with van der Waals surface area (Å²) in [6.45, 7) is 3.92. The molecular formula is C20H23NO4. The Morgan fingerprint density at radius 1 is 1.04 bits per heavy atom. The van der Waals surface area contributed by atoms with Crippen molar-refractivity contribution in [3.05, 3.63) is 60.2 Å². The molecule has 132 valence electrons. The van der Waals surface area contributed by atoms with Crippen LogP contribution < -0.4 is 10.1 Å². The van der Waals surface area contributed by atoms with E-state index in [2.05, 4.69) is 5.32 Å². The lowest BCUT2D eigenvalue weighted by Gasteiger charge is -2.15. The van der Waals surface area contributed by atoms with E-state index >= 15 is 0 Å². The summed E-state index contributed by atoms with van der Waals surface area (Å²) in [4.78, 5) is 24.2. The fourth-order valence-electron chi connectivity index (χ4n) is 2.29. The van der Waals surface area contributed by atoms with Gasteiger partial charge in [0.05, 0.1) is 12.3 Å². The molecule has 0 bridgehead atoms. The van der Waals surface area contributed by atoms with Gasteiger partial charge in [0.25, 0.3) is 5.91 Å². The van der Waals surface area contributed by atoms with Crippen LogP contribution >= 0.6 is 0 Å². The van der Waals surface area contributed by atoms with Gasteiger partial charge in [-0.15, -0.1) is 0 Å². The Morgan fingerprint density at radius 3 is 2.44 bits per heavy atom. The lowest BCUT2D eigenvalue weighted by molar-refractivity contribution is -0.153. The molecule has 0 saturated carbocycles. The standard InChI is InChI=1S/C20H23NO4/c1-3-24-18-12-8-7-11-17(18)21-20(23)15(2)25-19(22)14-13-16-9-5-4-6-10-16/h4-12,15H,3,13-14H2,1-2H3,(H,21,23)/t15-/m0/s1. The summed E-state index contributed by atoms with van der Waals surface area (Å²) in [6, 6.07) is 16.8. The van der Waals surface area contributed by atoms with Gasteiger partial charge in [0.15, 0.2) is 6.10 Å². The number of hydrogen-bond acceptors (Lipinski definition) is 4. The number of esters is 1. The number of amides is 1. The Kier molecular flexibility index (Phi) is 7.01. The number of nitrogens with one attached hydrogen (secondary N) is 1. The molecule has 2 aromatic carbocycles. The molecule has 25 heavy (non-hydrogen) atoms. The highest BCUT2D eigenvalue weighted by atomic mass is 16.5. The third-order valence-corrected chi connectivity index (χ3v) is 3.58. The molecule has 5 heteroatoms. The van der Waals surface area contributed by atoms with Gasteiger partial charge in [-0.05, 0) is 38.0 Å². The van der Waals surface area contributed by atoms with Gasteiger partial charge in [-0.3, -0.25) is 9.59 Å². The van der Waals surface area contributed by atoms with Gasteiger partial charge in [0, 0.05) is 6.42 Å². The van der Waals surface area contributed by atoms with Crippen molar-refractivity contribution in [2.75, 3.05) is 11.9 Å². The fraction of sp³-hybridized carbons (Fsp3) is 0.300. The third-order valence-electron chi connectivity index (χ3n) is 3.58. The number of aryl methyl sites for hydroxylation is 1. The average molecular weight is 341 g/mol. The van der Waals surface area contributed by atoms with E-state index in [-0.39, 0.29) is 12.3 Å². The molecule has 0 radical (unpaired) electrons. The van der Waals surface area contributed by atoms with Crippen LogP contribution in [0.4, 0.5) is 5.69 Å². The molecule has 0 aliphatic heterocycles. The monoisotopic (exact) mass is 341 g/mol. The quantitative estimate of drug-likeness (QED) is 0.745. The van der Waals surface area contributed by atoms with Gasteiger partial charge in [-0.25, -0.2) is 0 Å². The molecule has 2 aromatic rings. The SMILES string of the molecule is CCOc1ccccc1NC(=O)[C@H](C)OC(=O)CCc1ccccc1. The molecule has 1 atom stereocenters. The van der Waals surface area contributed by atoms with Crippen molar-refractivity contribution >= 4 is 17.6 Å². The van der Waals surface area contributed by atoms with Crippen molar-refractivity contribution in [1.82, 2.24) is 0 Å². The average Bonchev–Trinajstić information content (AvgIpc) is 2.62. The minimum Gasteiger partial charge on any atom is -0.492 e. The Morgan fingerprint density at radius 2 is 1.72 bits per heavy atom. The Labute approximate surface area is 148 Å². The van der Waals surface area contributed by atoms with Crippen molar-refractivity contribution < 1.29 is 19.1 Å². The molecule has 0 fully saturated rings. The summed E-state index contributed by atoms with van der Waals surface area (Å²) in [5.41, 5.74) is 1.61. The summed E-state index contributed by atoms with van der Waals surface area (Å²) >= 11 is 0. The highest BCUT2D eigenvalue weighted by Crippen LogP contribution is 2.23. The van der Waals surface area contributed by atoms with Gasteiger partial charge in [0.1, 0.15) is 5.75 Å². The van der Waals surface area contributed by atoms with E-state index in [0.717, 1.165) is 5.56 Å². The maximum atomic E-state index is 12.2. The lowest BCUT2D eigenvalue weighted by Crippen LogP contribution is -2.30. The zero-order valence-corrected chi connectivity index (χ0v) is 14.5. The molecule has 0 aliphatic rings. The molecule has 0 heterocycles. The topological polar surface area (TPSA) is 64.6 Å². The smallest absolute Gasteiger partial charge is 0.306 e. The Bertz CT molecular complexity index is 700. The largest absolute Gasteiger partial charge is 0.492 e. The Balaban J connectivity index is 1.84.